The third kappa shape index (κ3) is 4.08. The molecule has 0 atom stereocenters. The van der Waals surface area contributed by atoms with Gasteiger partial charge in [-0.25, -0.2) is 14.6 Å². The summed E-state index contributed by atoms with van der Waals surface area (Å²) in [6, 6.07) is 9.58. The first-order valence-corrected chi connectivity index (χ1v) is 10.1. The van der Waals surface area contributed by atoms with Gasteiger partial charge in [-0.15, -0.1) is 0 Å². The van der Waals surface area contributed by atoms with Crippen molar-refractivity contribution in [3.8, 4) is 11.1 Å². The van der Waals surface area contributed by atoms with Gasteiger partial charge in [-0.05, 0) is 42.8 Å². The van der Waals surface area contributed by atoms with Crippen LogP contribution in [0.3, 0.4) is 0 Å². The number of anilines is 1. The summed E-state index contributed by atoms with van der Waals surface area (Å²) in [6.07, 6.45) is 10.6. The molecule has 4 aromatic rings. The van der Waals surface area contributed by atoms with Crippen molar-refractivity contribution in [2.75, 3.05) is 11.9 Å². The van der Waals surface area contributed by atoms with Gasteiger partial charge in [0.25, 0.3) is 0 Å². The molecule has 0 bridgehead atoms. The van der Waals surface area contributed by atoms with Gasteiger partial charge >= 0.3 is 0 Å². The molecule has 1 aliphatic heterocycles. The van der Waals surface area contributed by atoms with E-state index in [0.29, 0.717) is 18.0 Å². The van der Waals surface area contributed by atoms with Crippen molar-refractivity contribution in [2.45, 2.75) is 13.5 Å². The summed E-state index contributed by atoms with van der Waals surface area (Å²) in [6.45, 7) is 2.70. The fourth-order valence-electron chi connectivity index (χ4n) is 3.46. The minimum Gasteiger partial charge on any atom is -0.384 e. The highest BCUT2D eigenvalue weighted by molar-refractivity contribution is 5.91. The van der Waals surface area contributed by atoms with Crippen molar-refractivity contribution in [1.29, 1.82) is 0 Å². The quantitative estimate of drug-likeness (QED) is 0.510. The fraction of sp³-hybridized carbons (Fsp3) is 0.130. The molecule has 0 spiro atoms. The Morgan fingerprint density at radius 1 is 1.06 bits per heavy atom. The Labute approximate surface area is 184 Å². The van der Waals surface area contributed by atoms with Gasteiger partial charge in [0.1, 0.15) is 12.4 Å². The summed E-state index contributed by atoms with van der Waals surface area (Å²) in [7, 11) is 0. The molecule has 0 aromatic carbocycles. The molecule has 5 rings (SSSR count). The highest BCUT2D eigenvalue weighted by atomic mass is 16.2. The predicted molar refractivity (Wildman–Crippen MR) is 123 cm³/mol. The summed E-state index contributed by atoms with van der Waals surface area (Å²) in [4.78, 5) is 29.9. The predicted octanol–water partition coefficient (Wildman–Crippen LogP) is 2.81. The second-order valence-corrected chi connectivity index (χ2v) is 7.35. The summed E-state index contributed by atoms with van der Waals surface area (Å²) in [5.74, 6) is 0.231. The zero-order valence-corrected chi connectivity index (χ0v) is 17.4. The molecule has 32 heavy (non-hydrogen) atoms. The molecule has 1 aliphatic rings. The average Bonchev–Trinajstić information content (AvgIpc) is 3.22. The smallest absolute Gasteiger partial charge is 0.247 e. The van der Waals surface area contributed by atoms with Crippen LogP contribution >= 0.6 is 0 Å². The van der Waals surface area contributed by atoms with Crippen LogP contribution in [0.15, 0.2) is 66.3 Å². The van der Waals surface area contributed by atoms with E-state index in [2.05, 4.69) is 35.7 Å². The van der Waals surface area contributed by atoms with E-state index in [1.54, 1.807) is 41.8 Å². The number of amides is 1. The van der Waals surface area contributed by atoms with Crippen LogP contribution in [-0.4, -0.2) is 43.4 Å². The number of aliphatic imine (C=N–C) groups is 1. The Bertz CT molecular complexity index is 1350. The van der Waals surface area contributed by atoms with Crippen LogP contribution in [0.1, 0.15) is 11.3 Å². The van der Waals surface area contributed by atoms with Crippen molar-refractivity contribution in [3.05, 3.63) is 72.6 Å². The van der Waals surface area contributed by atoms with Crippen molar-refractivity contribution in [3.63, 3.8) is 0 Å². The first kappa shape index (κ1) is 19.6. The maximum Gasteiger partial charge on any atom is 0.247 e. The maximum atomic E-state index is 12.5. The van der Waals surface area contributed by atoms with E-state index in [1.165, 1.54) is 0 Å². The van der Waals surface area contributed by atoms with E-state index in [4.69, 9.17) is 0 Å². The molecule has 158 valence electrons. The molecular weight excluding hydrogens is 404 g/mol. The van der Waals surface area contributed by atoms with Gasteiger partial charge in [0, 0.05) is 59.8 Å². The van der Waals surface area contributed by atoms with E-state index < -0.39 is 0 Å². The highest BCUT2D eigenvalue weighted by Crippen LogP contribution is 2.23. The maximum absolute atomic E-state index is 12.5. The van der Waals surface area contributed by atoms with Crippen molar-refractivity contribution < 1.29 is 4.79 Å². The summed E-state index contributed by atoms with van der Waals surface area (Å²) in [5.41, 5.74) is 5.27. The van der Waals surface area contributed by atoms with Gasteiger partial charge < -0.3 is 10.6 Å². The van der Waals surface area contributed by atoms with Crippen LogP contribution in [0.25, 0.3) is 27.9 Å². The number of carbonyl (C=O) groups is 1. The molecule has 0 saturated heterocycles. The van der Waals surface area contributed by atoms with Crippen LogP contribution in [0, 0.1) is 6.92 Å². The van der Waals surface area contributed by atoms with Gasteiger partial charge in [-0.3, -0.25) is 14.8 Å². The van der Waals surface area contributed by atoms with Gasteiger partial charge in [0.15, 0.2) is 5.65 Å². The van der Waals surface area contributed by atoms with E-state index in [0.717, 1.165) is 33.5 Å². The lowest BCUT2D eigenvalue weighted by Crippen LogP contribution is -2.20. The number of nitrogens with one attached hydrogen (secondary N) is 2. The molecule has 4 aromatic heterocycles. The van der Waals surface area contributed by atoms with Crippen LogP contribution in [0.4, 0.5) is 5.82 Å². The molecule has 1 amide bonds. The number of carbonyl (C=O) groups excluding carboxylic acids is 1. The minimum absolute atomic E-state index is 0.0347. The summed E-state index contributed by atoms with van der Waals surface area (Å²) in [5, 5.41) is 11.1. The molecule has 0 aliphatic carbocycles. The number of hydrogen-bond acceptors (Lipinski definition) is 7. The standard InChI is InChI=1S/C23H20N8O/c1-15-8-16(4-5-25-15)18-9-19-12-29-31(23(19)28-11-18)14-22(32)30-21-3-2-17(10-27-21)20-13-24-6-7-26-20/h2-5,7-13,24H,6,14H2,1H3,(H,27,30,32). The summed E-state index contributed by atoms with van der Waals surface area (Å²) >= 11 is 0. The molecule has 0 unspecified atom stereocenters. The first-order valence-electron chi connectivity index (χ1n) is 10.1. The van der Waals surface area contributed by atoms with Crippen molar-refractivity contribution >= 4 is 34.7 Å². The Kier molecular flexibility index (Phi) is 5.12. The number of aryl methyl sites for hydroxylation is 1. The fourth-order valence-corrected chi connectivity index (χ4v) is 3.46. The monoisotopic (exact) mass is 424 g/mol. The molecule has 0 fully saturated rings. The Balaban J connectivity index is 1.28. The van der Waals surface area contributed by atoms with Crippen molar-refractivity contribution in [1.82, 2.24) is 30.0 Å². The SMILES string of the molecule is Cc1cc(-c2cnc3c(cnn3CC(=O)Nc3ccc(C4=CNCC=N4)cn3)c2)ccn1. The van der Waals surface area contributed by atoms with Gasteiger partial charge in [0.05, 0.1) is 11.9 Å². The Morgan fingerprint density at radius 2 is 1.97 bits per heavy atom. The zero-order chi connectivity index (χ0) is 21.9. The molecule has 9 nitrogen and oxygen atoms in total. The molecule has 0 radical (unpaired) electrons. The average molecular weight is 424 g/mol. The van der Waals surface area contributed by atoms with Crippen LogP contribution in [0.5, 0.6) is 0 Å². The van der Waals surface area contributed by atoms with Crippen LogP contribution in [0.2, 0.25) is 0 Å². The van der Waals surface area contributed by atoms with E-state index >= 15 is 0 Å². The number of fused-ring (bicyclic) bond motifs is 1. The molecular formula is C23H20N8O. The van der Waals surface area contributed by atoms with E-state index in [1.807, 2.05) is 37.4 Å². The second-order valence-electron chi connectivity index (χ2n) is 7.35. The minimum atomic E-state index is -0.234. The lowest BCUT2D eigenvalue weighted by atomic mass is 10.1. The van der Waals surface area contributed by atoms with Crippen LogP contribution < -0.4 is 10.6 Å². The Morgan fingerprint density at radius 3 is 2.75 bits per heavy atom. The number of rotatable bonds is 5. The molecule has 0 saturated carbocycles. The summed E-state index contributed by atoms with van der Waals surface area (Å²) < 4.78 is 1.58. The van der Waals surface area contributed by atoms with Gasteiger partial charge in [-0.2, -0.15) is 5.10 Å². The third-order valence-corrected chi connectivity index (χ3v) is 5.00. The molecule has 2 N–H and O–H groups in total. The lowest BCUT2D eigenvalue weighted by Gasteiger charge is -2.09. The largest absolute Gasteiger partial charge is 0.384 e. The molecule has 9 heteroatoms. The third-order valence-electron chi connectivity index (χ3n) is 5.00. The van der Waals surface area contributed by atoms with Gasteiger partial charge in [-0.1, -0.05) is 0 Å². The lowest BCUT2D eigenvalue weighted by molar-refractivity contribution is -0.116. The highest BCUT2D eigenvalue weighted by Gasteiger charge is 2.12. The van der Waals surface area contributed by atoms with Crippen LogP contribution in [-0.2, 0) is 11.3 Å². The van der Waals surface area contributed by atoms with E-state index in [-0.39, 0.29) is 12.5 Å². The number of aromatic nitrogens is 5. The van der Waals surface area contributed by atoms with Gasteiger partial charge in [0.2, 0.25) is 5.91 Å². The van der Waals surface area contributed by atoms with E-state index in [9.17, 15) is 4.79 Å². The zero-order valence-electron chi connectivity index (χ0n) is 17.4. The number of pyridine rings is 3. The topological polar surface area (TPSA) is 110 Å². The number of hydrogen-bond donors (Lipinski definition) is 2. The van der Waals surface area contributed by atoms with Crippen molar-refractivity contribution in [2.24, 2.45) is 4.99 Å². The normalized spacial score (nSPS) is 13.0. The second kappa shape index (κ2) is 8.38. The number of nitrogens with zero attached hydrogens (tertiary/aromatic N) is 6. The first-order chi connectivity index (χ1) is 15.7. The Hall–Kier alpha value is -4.40. The molecule has 5 heterocycles.